The van der Waals surface area contributed by atoms with Crippen LogP contribution in [0.5, 0.6) is 11.5 Å². The Morgan fingerprint density at radius 3 is 2.62 bits per heavy atom. The van der Waals surface area contributed by atoms with Crippen molar-refractivity contribution in [1.82, 2.24) is 5.32 Å². The van der Waals surface area contributed by atoms with Gasteiger partial charge in [-0.2, -0.15) is 0 Å². The molecule has 0 amide bonds. The molecule has 0 spiro atoms. The Balaban J connectivity index is 1.48. The molecule has 3 heteroatoms. The Morgan fingerprint density at radius 2 is 1.90 bits per heavy atom. The first kappa shape index (κ1) is 14.0. The lowest BCUT2D eigenvalue weighted by Gasteiger charge is -2.36. The summed E-state index contributed by atoms with van der Waals surface area (Å²) in [6, 6.07) is 16.3. The molecule has 0 aliphatic heterocycles. The summed E-state index contributed by atoms with van der Waals surface area (Å²) in [4.78, 5) is 0. The molecule has 21 heavy (non-hydrogen) atoms. The van der Waals surface area contributed by atoms with Gasteiger partial charge >= 0.3 is 0 Å². The largest absolute Gasteiger partial charge is 0.508 e. The van der Waals surface area contributed by atoms with Crippen molar-refractivity contribution in [2.24, 2.45) is 0 Å². The highest BCUT2D eigenvalue weighted by Crippen LogP contribution is 2.38. The zero-order valence-corrected chi connectivity index (χ0v) is 12.3. The summed E-state index contributed by atoms with van der Waals surface area (Å²) >= 11 is 0. The monoisotopic (exact) mass is 283 g/mol. The highest BCUT2D eigenvalue weighted by molar-refractivity contribution is 5.32. The molecule has 0 heterocycles. The Kier molecular flexibility index (Phi) is 4.11. The Labute approximate surface area is 125 Å². The molecule has 1 saturated carbocycles. The number of phenolic OH excluding ortho intramolecular Hbond substituents is 1. The second-order valence-corrected chi connectivity index (χ2v) is 5.69. The topological polar surface area (TPSA) is 41.5 Å². The number of benzene rings is 2. The Morgan fingerprint density at radius 1 is 1.14 bits per heavy atom. The molecular formula is C18H21NO2. The maximum Gasteiger partial charge on any atom is 0.119 e. The third-order valence-electron chi connectivity index (χ3n) is 4.23. The van der Waals surface area contributed by atoms with E-state index in [9.17, 15) is 5.11 Å². The Bertz CT molecular complexity index is 588. The lowest BCUT2D eigenvalue weighted by atomic mass is 9.76. The highest BCUT2D eigenvalue weighted by atomic mass is 16.5. The fourth-order valence-electron chi connectivity index (χ4n) is 2.83. The van der Waals surface area contributed by atoms with E-state index in [-0.39, 0.29) is 0 Å². The highest BCUT2D eigenvalue weighted by Gasteiger charge is 2.29. The fourth-order valence-corrected chi connectivity index (χ4v) is 2.83. The van der Waals surface area contributed by atoms with Gasteiger partial charge in [0.05, 0.1) is 7.11 Å². The van der Waals surface area contributed by atoms with Crippen LogP contribution < -0.4 is 10.1 Å². The SMILES string of the molecule is COc1cccc(C2CC(NCc3ccc(O)cc3)C2)c1. The first-order valence-electron chi connectivity index (χ1n) is 7.40. The summed E-state index contributed by atoms with van der Waals surface area (Å²) in [5, 5.41) is 12.8. The van der Waals surface area contributed by atoms with Crippen LogP contribution in [0.4, 0.5) is 0 Å². The minimum atomic E-state index is 0.320. The van der Waals surface area contributed by atoms with Crippen LogP contribution >= 0.6 is 0 Å². The van der Waals surface area contributed by atoms with Gasteiger partial charge in [-0.3, -0.25) is 0 Å². The van der Waals surface area contributed by atoms with E-state index in [1.165, 1.54) is 24.0 Å². The molecule has 0 aromatic heterocycles. The van der Waals surface area contributed by atoms with E-state index in [0.717, 1.165) is 12.3 Å². The number of rotatable bonds is 5. The molecule has 1 aliphatic rings. The van der Waals surface area contributed by atoms with Crippen molar-refractivity contribution >= 4 is 0 Å². The molecule has 0 atom stereocenters. The number of aromatic hydroxyl groups is 1. The van der Waals surface area contributed by atoms with E-state index in [2.05, 4.69) is 23.5 Å². The first-order valence-corrected chi connectivity index (χ1v) is 7.40. The third-order valence-corrected chi connectivity index (χ3v) is 4.23. The van der Waals surface area contributed by atoms with Gasteiger partial charge in [0.15, 0.2) is 0 Å². The number of methoxy groups -OCH3 is 1. The quantitative estimate of drug-likeness (QED) is 0.883. The smallest absolute Gasteiger partial charge is 0.119 e. The predicted octanol–water partition coefficient (Wildman–Crippen LogP) is 3.44. The van der Waals surface area contributed by atoms with Gasteiger partial charge in [0, 0.05) is 12.6 Å². The van der Waals surface area contributed by atoms with E-state index in [1.807, 2.05) is 18.2 Å². The van der Waals surface area contributed by atoms with Gasteiger partial charge in [-0.25, -0.2) is 0 Å². The molecule has 2 N–H and O–H groups in total. The maximum atomic E-state index is 9.26. The number of nitrogens with one attached hydrogen (secondary N) is 1. The van der Waals surface area contributed by atoms with Crippen molar-refractivity contribution in [3.8, 4) is 11.5 Å². The van der Waals surface area contributed by atoms with Crippen LogP contribution in [0.25, 0.3) is 0 Å². The van der Waals surface area contributed by atoms with E-state index >= 15 is 0 Å². The normalized spacial score (nSPS) is 20.8. The van der Waals surface area contributed by atoms with Crippen LogP contribution in [0.2, 0.25) is 0 Å². The number of ether oxygens (including phenoxy) is 1. The summed E-state index contributed by atoms with van der Waals surface area (Å²) in [6.45, 7) is 0.857. The van der Waals surface area contributed by atoms with Crippen LogP contribution in [-0.2, 0) is 6.54 Å². The molecule has 2 aromatic carbocycles. The van der Waals surface area contributed by atoms with Gasteiger partial charge < -0.3 is 15.2 Å². The number of phenols is 1. The average molecular weight is 283 g/mol. The summed E-state index contributed by atoms with van der Waals surface area (Å²) in [5.41, 5.74) is 2.58. The molecule has 0 unspecified atom stereocenters. The number of hydrogen-bond donors (Lipinski definition) is 2. The molecule has 2 aromatic rings. The molecule has 0 saturated heterocycles. The van der Waals surface area contributed by atoms with Crippen LogP contribution in [-0.4, -0.2) is 18.3 Å². The van der Waals surface area contributed by atoms with Crippen molar-refractivity contribution in [3.63, 3.8) is 0 Å². The van der Waals surface area contributed by atoms with Crippen LogP contribution in [0, 0.1) is 0 Å². The van der Waals surface area contributed by atoms with Crippen LogP contribution in [0.1, 0.15) is 29.9 Å². The summed E-state index contributed by atoms with van der Waals surface area (Å²) in [5.74, 6) is 1.89. The standard InChI is InChI=1S/C18H21NO2/c1-21-18-4-2-3-14(11-18)15-9-16(10-15)19-12-13-5-7-17(20)8-6-13/h2-8,11,15-16,19-20H,9-10,12H2,1H3. The van der Waals surface area contributed by atoms with E-state index in [0.29, 0.717) is 17.7 Å². The first-order chi connectivity index (χ1) is 10.2. The molecular weight excluding hydrogens is 262 g/mol. The molecule has 0 bridgehead atoms. The second kappa shape index (κ2) is 6.19. The Hall–Kier alpha value is -2.00. The molecule has 1 fully saturated rings. The lowest BCUT2D eigenvalue weighted by Crippen LogP contribution is -2.39. The summed E-state index contributed by atoms with van der Waals surface area (Å²) in [7, 11) is 1.71. The van der Waals surface area contributed by atoms with Crippen LogP contribution in [0.15, 0.2) is 48.5 Å². The van der Waals surface area contributed by atoms with Gasteiger partial charge in [0.1, 0.15) is 11.5 Å². The zero-order valence-electron chi connectivity index (χ0n) is 12.3. The molecule has 3 nitrogen and oxygen atoms in total. The van der Waals surface area contributed by atoms with E-state index in [1.54, 1.807) is 19.2 Å². The van der Waals surface area contributed by atoms with Gasteiger partial charge in [-0.15, -0.1) is 0 Å². The average Bonchev–Trinajstić information content (AvgIpc) is 2.48. The zero-order chi connectivity index (χ0) is 14.7. The van der Waals surface area contributed by atoms with E-state index < -0.39 is 0 Å². The summed E-state index contributed by atoms with van der Waals surface area (Å²) < 4.78 is 5.28. The predicted molar refractivity (Wildman–Crippen MR) is 83.7 cm³/mol. The second-order valence-electron chi connectivity index (χ2n) is 5.69. The fraction of sp³-hybridized carbons (Fsp3) is 0.333. The van der Waals surface area contributed by atoms with Crippen molar-refractivity contribution in [2.75, 3.05) is 7.11 Å². The molecule has 0 radical (unpaired) electrons. The minimum absolute atomic E-state index is 0.320. The molecule has 110 valence electrons. The van der Waals surface area contributed by atoms with Gasteiger partial charge in [0.2, 0.25) is 0 Å². The minimum Gasteiger partial charge on any atom is -0.508 e. The molecule has 3 rings (SSSR count). The third kappa shape index (κ3) is 3.37. The van der Waals surface area contributed by atoms with Crippen molar-refractivity contribution in [2.45, 2.75) is 31.3 Å². The summed E-state index contributed by atoms with van der Waals surface area (Å²) in [6.07, 6.45) is 2.34. The molecule has 1 aliphatic carbocycles. The lowest BCUT2D eigenvalue weighted by molar-refractivity contribution is 0.289. The van der Waals surface area contributed by atoms with Crippen molar-refractivity contribution in [3.05, 3.63) is 59.7 Å². The van der Waals surface area contributed by atoms with E-state index in [4.69, 9.17) is 4.74 Å². The van der Waals surface area contributed by atoms with Crippen LogP contribution in [0.3, 0.4) is 0 Å². The van der Waals surface area contributed by atoms with Gasteiger partial charge in [-0.1, -0.05) is 24.3 Å². The van der Waals surface area contributed by atoms with Crippen molar-refractivity contribution < 1.29 is 9.84 Å². The number of hydrogen-bond acceptors (Lipinski definition) is 3. The maximum absolute atomic E-state index is 9.26. The van der Waals surface area contributed by atoms with Gasteiger partial charge in [-0.05, 0) is 54.2 Å². The van der Waals surface area contributed by atoms with Crippen molar-refractivity contribution in [1.29, 1.82) is 0 Å². The van der Waals surface area contributed by atoms with Gasteiger partial charge in [0.25, 0.3) is 0 Å².